The van der Waals surface area contributed by atoms with Crippen LogP contribution in [-0.4, -0.2) is 0 Å². The minimum absolute atomic E-state index is 0.558. The predicted octanol–water partition coefficient (Wildman–Crippen LogP) is 2.07. The summed E-state index contributed by atoms with van der Waals surface area (Å²) >= 11 is 3.89. The largest absolute Gasteiger partial charge is 0.394 e. The zero-order valence-electron chi connectivity index (χ0n) is 5.67. The molecule has 0 bridgehead atoms. The molecule has 0 atom stereocenters. The van der Waals surface area contributed by atoms with Crippen molar-refractivity contribution in [2.24, 2.45) is 5.73 Å². The summed E-state index contributed by atoms with van der Waals surface area (Å²) in [6.45, 7) is 2.14. The van der Waals surface area contributed by atoms with E-state index in [1.165, 1.54) is 6.42 Å². The molecule has 0 aromatic carbocycles. The Hall–Kier alpha value is -0.370. The Kier molecular flexibility index (Phi) is 5.52. The van der Waals surface area contributed by atoms with E-state index in [0.717, 1.165) is 6.42 Å². The van der Waals surface area contributed by atoms with Crippen molar-refractivity contribution >= 4 is 12.6 Å². The average molecular weight is 143 g/mol. The SMILES string of the molecule is CCC/C=C\C=C(/N)S. The minimum Gasteiger partial charge on any atom is -0.394 e. The molecule has 0 rings (SSSR count). The summed E-state index contributed by atoms with van der Waals surface area (Å²) in [5.41, 5.74) is 5.25. The zero-order valence-corrected chi connectivity index (χ0v) is 6.57. The first-order chi connectivity index (χ1) is 4.27. The summed E-state index contributed by atoms with van der Waals surface area (Å²) in [5, 5.41) is 0.558. The van der Waals surface area contributed by atoms with Gasteiger partial charge in [-0.2, -0.15) is 0 Å². The van der Waals surface area contributed by atoms with Crippen LogP contribution in [0.4, 0.5) is 0 Å². The highest BCUT2D eigenvalue weighted by Crippen LogP contribution is 1.92. The van der Waals surface area contributed by atoms with Crippen molar-refractivity contribution in [2.45, 2.75) is 19.8 Å². The van der Waals surface area contributed by atoms with Crippen LogP contribution in [-0.2, 0) is 0 Å². The molecule has 1 nitrogen and oxygen atoms in total. The van der Waals surface area contributed by atoms with Crippen LogP contribution < -0.4 is 5.73 Å². The molecule has 0 aliphatic heterocycles. The Labute approximate surface area is 62.0 Å². The van der Waals surface area contributed by atoms with E-state index in [-0.39, 0.29) is 0 Å². The van der Waals surface area contributed by atoms with Crippen LogP contribution in [0.1, 0.15) is 19.8 Å². The molecule has 0 unspecified atom stereocenters. The topological polar surface area (TPSA) is 26.0 Å². The van der Waals surface area contributed by atoms with Crippen molar-refractivity contribution in [3.05, 3.63) is 23.3 Å². The summed E-state index contributed by atoms with van der Waals surface area (Å²) in [4.78, 5) is 0. The Balaban J connectivity index is 3.35. The molecule has 9 heavy (non-hydrogen) atoms. The Morgan fingerprint density at radius 3 is 2.78 bits per heavy atom. The molecular weight excluding hydrogens is 130 g/mol. The summed E-state index contributed by atoms with van der Waals surface area (Å²) in [6, 6.07) is 0. The van der Waals surface area contributed by atoms with E-state index in [9.17, 15) is 0 Å². The summed E-state index contributed by atoms with van der Waals surface area (Å²) in [5.74, 6) is 0. The third-order valence-electron chi connectivity index (χ3n) is 0.858. The van der Waals surface area contributed by atoms with Gasteiger partial charge in [0, 0.05) is 0 Å². The van der Waals surface area contributed by atoms with Gasteiger partial charge in [0.1, 0.15) is 0 Å². The van der Waals surface area contributed by atoms with Crippen LogP contribution >= 0.6 is 12.6 Å². The average Bonchev–Trinajstić information content (AvgIpc) is 1.80. The van der Waals surface area contributed by atoms with Gasteiger partial charge in [0.2, 0.25) is 0 Å². The lowest BCUT2D eigenvalue weighted by molar-refractivity contribution is 0.959. The van der Waals surface area contributed by atoms with E-state index in [1.807, 2.05) is 6.08 Å². The zero-order chi connectivity index (χ0) is 7.11. The fraction of sp³-hybridized carbons (Fsp3) is 0.429. The van der Waals surface area contributed by atoms with Gasteiger partial charge in [0.25, 0.3) is 0 Å². The summed E-state index contributed by atoms with van der Waals surface area (Å²) in [7, 11) is 0. The van der Waals surface area contributed by atoms with Crippen LogP contribution in [0.2, 0.25) is 0 Å². The number of hydrogen-bond donors (Lipinski definition) is 2. The minimum atomic E-state index is 0.558. The highest BCUT2D eigenvalue weighted by molar-refractivity contribution is 7.84. The summed E-state index contributed by atoms with van der Waals surface area (Å²) in [6.07, 6.45) is 8.06. The van der Waals surface area contributed by atoms with Gasteiger partial charge in [0.15, 0.2) is 0 Å². The van der Waals surface area contributed by atoms with E-state index < -0.39 is 0 Å². The second kappa shape index (κ2) is 5.76. The van der Waals surface area contributed by atoms with Gasteiger partial charge >= 0.3 is 0 Å². The molecule has 0 amide bonds. The molecule has 0 fully saturated rings. The van der Waals surface area contributed by atoms with Gasteiger partial charge < -0.3 is 5.73 Å². The fourth-order valence-corrected chi connectivity index (χ4v) is 0.516. The van der Waals surface area contributed by atoms with Crippen molar-refractivity contribution < 1.29 is 0 Å². The molecular formula is C7H13NS. The van der Waals surface area contributed by atoms with Crippen LogP contribution in [0.3, 0.4) is 0 Å². The monoisotopic (exact) mass is 143 g/mol. The lowest BCUT2D eigenvalue weighted by atomic mass is 10.3. The number of nitrogens with two attached hydrogens (primary N) is 1. The Morgan fingerprint density at radius 2 is 2.33 bits per heavy atom. The number of hydrogen-bond acceptors (Lipinski definition) is 2. The van der Waals surface area contributed by atoms with E-state index in [0.29, 0.717) is 5.03 Å². The van der Waals surface area contributed by atoms with Crippen LogP contribution in [0.25, 0.3) is 0 Å². The third kappa shape index (κ3) is 7.63. The molecule has 2 heteroatoms. The van der Waals surface area contributed by atoms with Crippen LogP contribution in [0.15, 0.2) is 23.3 Å². The summed E-state index contributed by atoms with van der Waals surface area (Å²) < 4.78 is 0. The second-order valence-electron chi connectivity index (χ2n) is 1.81. The Bertz CT molecular complexity index is 112. The van der Waals surface area contributed by atoms with Gasteiger partial charge in [-0.05, 0) is 12.5 Å². The molecule has 0 spiro atoms. The highest BCUT2D eigenvalue weighted by atomic mass is 32.1. The van der Waals surface area contributed by atoms with Crippen LogP contribution in [0.5, 0.6) is 0 Å². The third-order valence-corrected chi connectivity index (χ3v) is 1.01. The molecule has 52 valence electrons. The number of allylic oxidation sites excluding steroid dienone is 3. The molecule has 0 aromatic rings. The molecule has 0 aliphatic rings. The Morgan fingerprint density at radius 1 is 1.67 bits per heavy atom. The molecule has 2 N–H and O–H groups in total. The van der Waals surface area contributed by atoms with Crippen molar-refractivity contribution in [1.29, 1.82) is 0 Å². The fourth-order valence-electron chi connectivity index (χ4n) is 0.430. The second-order valence-corrected chi connectivity index (χ2v) is 2.32. The number of thiol groups is 1. The lowest BCUT2D eigenvalue weighted by Gasteiger charge is -1.82. The first-order valence-corrected chi connectivity index (χ1v) is 3.53. The maximum atomic E-state index is 5.25. The van der Waals surface area contributed by atoms with E-state index in [1.54, 1.807) is 6.08 Å². The van der Waals surface area contributed by atoms with Gasteiger partial charge in [0.05, 0.1) is 5.03 Å². The number of unbranched alkanes of at least 4 members (excludes halogenated alkanes) is 1. The van der Waals surface area contributed by atoms with Crippen molar-refractivity contribution in [3.63, 3.8) is 0 Å². The van der Waals surface area contributed by atoms with E-state index >= 15 is 0 Å². The lowest BCUT2D eigenvalue weighted by Crippen LogP contribution is -1.84. The molecule has 0 aliphatic carbocycles. The highest BCUT2D eigenvalue weighted by Gasteiger charge is 1.72. The molecule has 0 radical (unpaired) electrons. The number of rotatable bonds is 3. The quantitative estimate of drug-likeness (QED) is 0.459. The maximum Gasteiger partial charge on any atom is 0.0624 e. The smallest absolute Gasteiger partial charge is 0.0624 e. The predicted molar refractivity (Wildman–Crippen MR) is 45.3 cm³/mol. The van der Waals surface area contributed by atoms with Gasteiger partial charge in [-0.15, -0.1) is 12.6 Å². The van der Waals surface area contributed by atoms with Crippen molar-refractivity contribution in [3.8, 4) is 0 Å². The first kappa shape index (κ1) is 8.63. The molecule has 0 heterocycles. The van der Waals surface area contributed by atoms with Crippen molar-refractivity contribution in [1.82, 2.24) is 0 Å². The van der Waals surface area contributed by atoms with E-state index in [2.05, 4.69) is 25.6 Å². The van der Waals surface area contributed by atoms with Gasteiger partial charge in [-0.25, -0.2) is 0 Å². The maximum absolute atomic E-state index is 5.25. The standard InChI is InChI=1S/C7H13NS/c1-2-3-4-5-6-7(8)9/h4-6,9H,2-3,8H2,1H3/b5-4-,7-6+. The first-order valence-electron chi connectivity index (χ1n) is 3.08. The van der Waals surface area contributed by atoms with E-state index in [4.69, 9.17) is 5.73 Å². The van der Waals surface area contributed by atoms with Gasteiger partial charge in [-0.3, -0.25) is 0 Å². The van der Waals surface area contributed by atoms with Crippen molar-refractivity contribution in [2.75, 3.05) is 0 Å². The molecule has 0 saturated heterocycles. The molecule has 0 aromatic heterocycles. The normalized spacial score (nSPS) is 12.9. The van der Waals surface area contributed by atoms with Gasteiger partial charge in [-0.1, -0.05) is 25.5 Å². The molecule has 0 saturated carbocycles. The van der Waals surface area contributed by atoms with Crippen LogP contribution in [0, 0.1) is 0 Å².